The molecule has 0 saturated carbocycles. The Bertz CT molecular complexity index is 907. The number of amides is 2. The summed E-state index contributed by atoms with van der Waals surface area (Å²) in [5.74, 6) is -2.11. The average Bonchev–Trinajstić information content (AvgIpc) is 2.79. The van der Waals surface area contributed by atoms with Gasteiger partial charge in [0.15, 0.2) is 6.61 Å². The van der Waals surface area contributed by atoms with Crippen molar-refractivity contribution in [2.24, 2.45) is 0 Å². The predicted octanol–water partition coefficient (Wildman–Crippen LogP) is 1.46. The molecule has 0 fully saturated rings. The van der Waals surface area contributed by atoms with Crippen LogP contribution in [0.3, 0.4) is 0 Å². The lowest BCUT2D eigenvalue weighted by atomic mass is 10.1. The number of rotatable bonds is 9. The minimum Gasteiger partial charge on any atom is -0.465 e. The van der Waals surface area contributed by atoms with Crippen LogP contribution < -0.4 is 10.6 Å². The van der Waals surface area contributed by atoms with Gasteiger partial charge in [0.25, 0.3) is 5.91 Å². The van der Waals surface area contributed by atoms with E-state index in [1.807, 2.05) is 30.3 Å². The summed E-state index contributed by atoms with van der Waals surface area (Å²) in [6.45, 7) is -0.603. The Labute approximate surface area is 173 Å². The highest BCUT2D eigenvalue weighted by atomic mass is 16.5. The number of nitrogens with one attached hydrogen (secondary N) is 2. The van der Waals surface area contributed by atoms with E-state index in [1.165, 1.54) is 13.2 Å². The highest BCUT2D eigenvalue weighted by Crippen LogP contribution is 2.05. The van der Waals surface area contributed by atoms with Crippen molar-refractivity contribution in [2.75, 3.05) is 20.3 Å². The largest absolute Gasteiger partial charge is 0.465 e. The van der Waals surface area contributed by atoms with Gasteiger partial charge >= 0.3 is 11.9 Å². The van der Waals surface area contributed by atoms with Gasteiger partial charge in [-0.25, -0.2) is 4.79 Å². The molecule has 0 aliphatic rings. The molecule has 2 N–H and O–H groups in total. The molecule has 30 heavy (non-hydrogen) atoms. The molecule has 0 spiro atoms. The van der Waals surface area contributed by atoms with Crippen molar-refractivity contribution >= 4 is 29.8 Å². The van der Waals surface area contributed by atoms with Crippen molar-refractivity contribution in [1.82, 2.24) is 10.6 Å². The fourth-order valence-corrected chi connectivity index (χ4v) is 2.28. The molecule has 8 heteroatoms. The molecular weight excluding hydrogens is 388 g/mol. The second-order valence-electron chi connectivity index (χ2n) is 6.09. The summed E-state index contributed by atoms with van der Waals surface area (Å²) in [7, 11) is 1.30. The maximum Gasteiger partial charge on any atom is 0.337 e. The molecule has 0 radical (unpaired) electrons. The van der Waals surface area contributed by atoms with Gasteiger partial charge in [-0.05, 0) is 29.3 Å². The fourth-order valence-electron chi connectivity index (χ4n) is 2.28. The Morgan fingerprint density at radius 2 is 1.63 bits per heavy atom. The van der Waals surface area contributed by atoms with E-state index >= 15 is 0 Å². The maximum absolute atomic E-state index is 11.8. The molecule has 0 saturated heterocycles. The zero-order valence-corrected chi connectivity index (χ0v) is 16.4. The third-order valence-electron chi connectivity index (χ3n) is 3.86. The summed E-state index contributed by atoms with van der Waals surface area (Å²) < 4.78 is 9.43. The van der Waals surface area contributed by atoms with Crippen LogP contribution in [0.2, 0.25) is 0 Å². The van der Waals surface area contributed by atoms with Gasteiger partial charge in [0, 0.05) is 12.6 Å². The van der Waals surface area contributed by atoms with Gasteiger partial charge in [-0.1, -0.05) is 42.5 Å². The minimum absolute atomic E-state index is 0.207. The molecule has 0 aliphatic heterocycles. The van der Waals surface area contributed by atoms with Gasteiger partial charge in [0.2, 0.25) is 5.91 Å². The van der Waals surface area contributed by atoms with Gasteiger partial charge in [-0.15, -0.1) is 0 Å². The molecule has 0 bridgehead atoms. The van der Waals surface area contributed by atoms with E-state index in [2.05, 4.69) is 15.4 Å². The maximum atomic E-state index is 11.8. The Kier molecular flexibility index (Phi) is 8.79. The molecule has 2 rings (SSSR count). The normalized spacial score (nSPS) is 10.3. The van der Waals surface area contributed by atoms with Gasteiger partial charge < -0.3 is 20.1 Å². The lowest BCUT2D eigenvalue weighted by molar-refractivity contribution is -0.148. The summed E-state index contributed by atoms with van der Waals surface area (Å²) in [4.78, 5) is 46.5. The van der Waals surface area contributed by atoms with Crippen LogP contribution in [0, 0.1) is 0 Å². The lowest BCUT2D eigenvalue weighted by Gasteiger charge is -2.07. The standard InChI is InChI=1S/C22H22N2O6/c1-29-22(28)18-10-7-17(8-11-18)13-23-20(26)15-30-21(27)14-24-19(25)12-9-16-5-3-2-4-6-16/h2-12H,13-15H2,1H3,(H,23,26)(H,24,25)/b12-9+. The first-order chi connectivity index (χ1) is 14.5. The molecular formula is C22H22N2O6. The van der Waals surface area contributed by atoms with E-state index < -0.39 is 30.4 Å². The van der Waals surface area contributed by atoms with Crippen LogP contribution in [0.1, 0.15) is 21.5 Å². The van der Waals surface area contributed by atoms with E-state index in [1.54, 1.807) is 30.3 Å². The van der Waals surface area contributed by atoms with Crippen LogP contribution in [-0.4, -0.2) is 44.0 Å². The Balaban J connectivity index is 1.64. The fraction of sp³-hybridized carbons (Fsp3) is 0.182. The highest BCUT2D eigenvalue weighted by molar-refractivity contribution is 5.93. The topological polar surface area (TPSA) is 111 Å². The first-order valence-corrected chi connectivity index (χ1v) is 9.08. The molecule has 2 amide bonds. The van der Waals surface area contributed by atoms with Crippen molar-refractivity contribution in [2.45, 2.75) is 6.54 Å². The Hall–Kier alpha value is -3.94. The Morgan fingerprint density at radius 3 is 2.30 bits per heavy atom. The van der Waals surface area contributed by atoms with Gasteiger partial charge in [0.1, 0.15) is 6.54 Å². The van der Waals surface area contributed by atoms with Crippen LogP contribution in [0.5, 0.6) is 0 Å². The molecule has 0 heterocycles. The van der Waals surface area contributed by atoms with Gasteiger partial charge in [-0.3, -0.25) is 14.4 Å². The van der Waals surface area contributed by atoms with E-state index in [-0.39, 0.29) is 13.1 Å². The van der Waals surface area contributed by atoms with Crippen molar-refractivity contribution < 1.29 is 28.7 Å². The van der Waals surface area contributed by atoms with Crippen LogP contribution in [-0.2, 0) is 30.4 Å². The Morgan fingerprint density at radius 1 is 0.933 bits per heavy atom. The molecule has 156 valence electrons. The van der Waals surface area contributed by atoms with E-state index in [9.17, 15) is 19.2 Å². The number of carbonyl (C=O) groups excluding carboxylic acids is 4. The first-order valence-electron chi connectivity index (χ1n) is 9.08. The lowest BCUT2D eigenvalue weighted by Crippen LogP contribution is -2.33. The smallest absolute Gasteiger partial charge is 0.337 e. The SMILES string of the molecule is COC(=O)c1ccc(CNC(=O)COC(=O)CNC(=O)/C=C/c2ccccc2)cc1. The summed E-state index contributed by atoms with van der Waals surface area (Å²) in [6, 6.07) is 15.8. The van der Waals surface area contributed by atoms with Crippen molar-refractivity contribution in [3.8, 4) is 0 Å². The van der Waals surface area contributed by atoms with Crippen LogP contribution in [0.4, 0.5) is 0 Å². The van der Waals surface area contributed by atoms with Crippen LogP contribution >= 0.6 is 0 Å². The van der Waals surface area contributed by atoms with Crippen molar-refractivity contribution in [1.29, 1.82) is 0 Å². The number of hydrogen-bond donors (Lipinski definition) is 2. The zero-order chi connectivity index (χ0) is 21.8. The number of esters is 2. The third-order valence-corrected chi connectivity index (χ3v) is 3.86. The summed E-state index contributed by atoms with van der Waals surface area (Å²) in [5, 5.41) is 4.97. The van der Waals surface area contributed by atoms with E-state index in [0.717, 1.165) is 11.1 Å². The second kappa shape index (κ2) is 11.8. The van der Waals surface area contributed by atoms with E-state index in [0.29, 0.717) is 5.56 Å². The monoisotopic (exact) mass is 410 g/mol. The summed E-state index contributed by atoms with van der Waals surface area (Å²) in [6.07, 6.45) is 2.92. The third kappa shape index (κ3) is 7.97. The molecule has 2 aromatic rings. The van der Waals surface area contributed by atoms with Gasteiger partial charge in [-0.2, -0.15) is 0 Å². The van der Waals surface area contributed by atoms with Crippen molar-refractivity contribution in [3.05, 3.63) is 77.4 Å². The molecule has 8 nitrogen and oxygen atoms in total. The minimum atomic E-state index is -0.728. The molecule has 0 aromatic heterocycles. The zero-order valence-electron chi connectivity index (χ0n) is 16.4. The quantitative estimate of drug-likeness (QED) is 0.478. The number of benzene rings is 2. The second-order valence-corrected chi connectivity index (χ2v) is 6.09. The number of hydrogen-bond acceptors (Lipinski definition) is 6. The van der Waals surface area contributed by atoms with E-state index in [4.69, 9.17) is 4.74 Å². The molecule has 0 atom stereocenters. The summed E-state index contributed by atoms with van der Waals surface area (Å²) >= 11 is 0. The average molecular weight is 410 g/mol. The van der Waals surface area contributed by atoms with Crippen LogP contribution in [0.25, 0.3) is 6.08 Å². The number of methoxy groups -OCH3 is 1. The first kappa shape index (κ1) is 22.4. The van der Waals surface area contributed by atoms with Gasteiger partial charge in [0.05, 0.1) is 12.7 Å². The number of carbonyl (C=O) groups is 4. The van der Waals surface area contributed by atoms with Crippen molar-refractivity contribution in [3.63, 3.8) is 0 Å². The summed E-state index contributed by atoms with van der Waals surface area (Å²) in [5.41, 5.74) is 2.02. The predicted molar refractivity (Wildman–Crippen MR) is 109 cm³/mol. The molecule has 0 aliphatic carbocycles. The molecule has 0 unspecified atom stereocenters. The molecule has 2 aromatic carbocycles. The highest BCUT2D eigenvalue weighted by Gasteiger charge is 2.09. The van der Waals surface area contributed by atoms with Crippen LogP contribution in [0.15, 0.2) is 60.7 Å². The number of ether oxygens (including phenoxy) is 2.